The number of halogens is 1. The molecule has 2 rings (SSSR count). The monoisotopic (exact) mass is 210 g/mol. The fraction of sp³-hybridized carbons (Fsp3) is 0.364. The zero-order valence-electron chi connectivity index (χ0n) is 7.66. The standard InChI is InChI=1S/C11H11ClO2/c12-9-3-1-2-7-4-5-8(11(7)9)6-10(13)14/h1-3,8H,4-6H2,(H,13,14). The van der Waals surface area contributed by atoms with Crippen LogP contribution in [0.4, 0.5) is 0 Å². The number of rotatable bonds is 2. The summed E-state index contributed by atoms with van der Waals surface area (Å²) in [5.74, 6) is -0.640. The first-order valence-corrected chi connectivity index (χ1v) is 5.05. The average Bonchev–Trinajstić information content (AvgIpc) is 2.49. The second-order valence-corrected chi connectivity index (χ2v) is 4.05. The van der Waals surface area contributed by atoms with Crippen LogP contribution in [0.5, 0.6) is 0 Å². The molecule has 1 N–H and O–H groups in total. The van der Waals surface area contributed by atoms with E-state index in [2.05, 4.69) is 0 Å². The van der Waals surface area contributed by atoms with E-state index in [0.29, 0.717) is 5.02 Å². The minimum absolute atomic E-state index is 0.108. The Morgan fingerprint density at radius 3 is 3.07 bits per heavy atom. The third-order valence-electron chi connectivity index (χ3n) is 2.73. The first-order chi connectivity index (χ1) is 6.68. The molecule has 1 aromatic carbocycles. The molecule has 1 unspecified atom stereocenters. The second-order valence-electron chi connectivity index (χ2n) is 3.65. The Kier molecular flexibility index (Phi) is 2.46. The summed E-state index contributed by atoms with van der Waals surface area (Å²) in [7, 11) is 0. The van der Waals surface area contributed by atoms with Gasteiger partial charge in [0, 0.05) is 5.02 Å². The van der Waals surface area contributed by atoms with E-state index < -0.39 is 5.97 Å². The number of benzene rings is 1. The zero-order chi connectivity index (χ0) is 10.1. The predicted octanol–water partition coefficient (Wildman–Crippen LogP) is 2.84. The van der Waals surface area contributed by atoms with Crippen LogP contribution < -0.4 is 0 Å². The normalized spacial score (nSPS) is 19.4. The van der Waals surface area contributed by atoms with Crippen LogP contribution in [0.15, 0.2) is 18.2 Å². The van der Waals surface area contributed by atoms with E-state index in [4.69, 9.17) is 16.7 Å². The summed E-state index contributed by atoms with van der Waals surface area (Å²) >= 11 is 6.05. The van der Waals surface area contributed by atoms with Crippen LogP contribution in [-0.2, 0) is 11.2 Å². The van der Waals surface area contributed by atoms with Gasteiger partial charge >= 0.3 is 5.97 Å². The summed E-state index contributed by atoms with van der Waals surface area (Å²) in [4.78, 5) is 10.6. The maximum Gasteiger partial charge on any atom is 0.303 e. The summed E-state index contributed by atoms with van der Waals surface area (Å²) in [6, 6.07) is 5.79. The zero-order valence-corrected chi connectivity index (χ0v) is 8.42. The molecule has 1 aromatic rings. The largest absolute Gasteiger partial charge is 0.481 e. The van der Waals surface area contributed by atoms with Crippen LogP contribution in [0, 0.1) is 0 Å². The molecule has 0 amide bonds. The summed E-state index contributed by atoms with van der Waals surface area (Å²) in [5.41, 5.74) is 2.26. The molecule has 0 bridgehead atoms. The van der Waals surface area contributed by atoms with E-state index in [0.717, 1.165) is 18.4 Å². The molecule has 1 atom stereocenters. The van der Waals surface area contributed by atoms with Gasteiger partial charge in [0.05, 0.1) is 6.42 Å². The van der Waals surface area contributed by atoms with E-state index in [1.807, 2.05) is 18.2 Å². The molecule has 0 aromatic heterocycles. The number of carboxylic acids is 1. The number of carbonyl (C=O) groups is 1. The van der Waals surface area contributed by atoms with Crippen LogP contribution in [0.2, 0.25) is 5.02 Å². The molecule has 0 radical (unpaired) electrons. The van der Waals surface area contributed by atoms with Crippen molar-refractivity contribution in [3.8, 4) is 0 Å². The minimum Gasteiger partial charge on any atom is -0.481 e. The highest BCUT2D eigenvalue weighted by Gasteiger charge is 2.26. The topological polar surface area (TPSA) is 37.3 Å². The summed E-state index contributed by atoms with van der Waals surface area (Å²) in [6.07, 6.45) is 2.05. The van der Waals surface area contributed by atoms with E-state index in [-0.39, 0.29) is 12.3 Å². The fourth-order valence-corrected chi connectivity index (χ4v) is 2.49. The SMILES string of the molecule is O=C(O)CC1CCc2cccc(Cl)c21. The molecule has 74 valence electrons. The number of hydrogen-bond acceptors (Lipinski definition) is 1. The van der Waals surface area contributed by atoms with Crippen molar-refractivity contribution in [1.82, 2.24) is 0 Å². The maximum absolute atomic E-state index is 10.6. The molecule has 1 aliphatic rings. The highest BCUT2D eigenvalue weighted by molar-refractivity contribution is 6.31. The Morgan fingerprint density at radius 1 is 1.57 bits per heavy atom. The first kappa shape index (κ1) is 9.53. The number of carboxylic acid groups (broad SMARTS) is 1. The van der Waals surface area contributed by atoms with Gasteiger partial charge in [0.15, 0.2) is 0 Å². The van der Waals surface area contributed by atoms with Gasteiger partial charge in [-0.2, -0.15) is 0 Å². The van der Waals surface area contributed by atoms with Crippen molar-refractivity contribution in [3.63, 3.8) is 0 Å². The van der Waals surface area contributed by atoms with Crippen LogP contribution in [0.25, 0.3) is 0 Å². The lowest BCUT2D eigenvalue weighted by Gasteiger charge is -2.09. The average molecular weight is 211 g/mol. The Labute approximate surface area is 87.5 Å². The smallest absolute Gasteiger partial charge is 0.303 e. The fourth-order valence-electron chi connectivity index (χ4n) is 2.15. The highest BCUT2D eigenvalue weighted by Crippen LogP contribution is 2.39. The van der Waals surface area contributed by atoms with Crippen molar-refractivity contribution in [1.29, 1.82) is 0 Å². The van der Waals surface area contributed by atoms with E-state index in [1.54, 1.807) is 0 Å². The summed E-state index contributed by atoms with van der Waals surface area (Å²) in [6.45, 7) is 0. The van der Waals surface area contributed by atoms with Crippen molar-refractivity contribution in [2.75, 3.05) is 0 Å². The van der Waals surface area contributed by atoms with Crippen molar-refractivity contribution in [2.24, 2.45) is 0 Å². The maximum atomic E-state index is 10.6. The predicted molar refractivity (Wildman–Crippen MR) is 54.8 cm³/mol. The molecule has 1 aliphatic carbocycles. The third-order valence-corrected chi connectivity index (χ3v) is 3.06. The summed E-state index contributed by atoms with van der Waals surface area (Å²) < 4.78 is 0. The molecule has 0 fully saturated rings. The Bertz CT molecular complexity index is 374. The van der Waals surface area contributed by atoms with Crippen molar-refractivity contribution in [2.45, 2.75) is 25.2 Å². The number of hydrogen-bond donors (Lipinski definition) is 1. The van der Waals surface area contributed by atoms with Crippen LogP contribution in [-0.4, -0.2) is 11.1 Å². The van der Waals surface area contributed by atoms with Gasteiger partial charge in [-0.1, -0.05) is 23.7 Å². The molecule has 0 aliphatic heterocycles. The first-order valence-electron chi connectivity index (χ1n) is 4.67. The highest BCUT2D eigenvalue weighted by atomic mass is 35.5. The van der Waals surface area contributed by atoms with Gasteiger partial charge in [-0.05, 0) is 36.0 Å². The second kappa shape index (κ2) is 3.62. The van der Waals surface area contributed by atoms with Crippen molar-refractivity contribution >= 4 is 17.6 Å². The van der Waals surface area contributed by atoms with E-state index in [9.17, 15) is 4.79 Å². The van der Waals surface area contributed by atoms with Crippen LogP contribution in [0.1, 0.15) is 29.9 Å². The van der Waals surface area contributed by atoms with Gasteiger partial charge in [0.25, 0.3) is 0 Å². The Morgan fingerprint density at radius 2 is 2.36 bits per heavy atom. The lowest BCUT2D eigenvalue weighted by atomic mass is 9.98. The molecule has 0 saturated carbocycles. The van der Waals surface area contributed by atoms with Gasteiger partial charge in [-0.25, -0.2) is 0 Å². The molecular weight excluding hydrogens is 200 g/mol. The molecule has 0 spiro atoms. The van der Waals surface area contributed by atoms with Gasteiger partial charge < -0.3 is 5.11 Å². The molecule has 0 saturated heterocycles. The van der Waals surface area contributed by atoms with Gasteiger partial charge in [-0.3, -0.25) is 4.79 Å². The van der Waals surface area contributed by atoms with Crippen LogP contribution >= 0.6 is 11.6 Å². The van der Waals surface area contributed by atoms with Gasteiger partial charge in [0.1, 0.15) is 0 Å². The molecular formula is C11H11ClO2. The van der Waals surface area contributed by atoms with Crippen molar-refractivity contribution < 1.29 is 9.90 Å². The number of aliphatic carboxylic acids is 1. The summed E-state index contributed by atoms with van der Waals surface area (Å²) in [5, 5.41) is 9.46. The van der Waals surface area contributed by atoms with Gasteiger partial charge in [-0.15, -0.1) is 0 Å². The molecule has 2 nitrogen and oxygen atoms in total. The van der Waals surface area contributed by atoms with Crippen LogP contribution in [0.3, 0.4) is 0 Å². The Hall–Kier alpha value is -1.02. The van der Waals surface area contributed by atoms with Gasteiger partial charge in [0.2, 0.25) is 0 Å². The lowest BCUT2D eigenvalue weighted by molar-refractivity contribution is -0.137. The third kappa shape index (κ3) is 1.62. The molecule has 14 heavy (non-hydrogen) atoms. The van der Waals surface area contributed by atoms with Crippen molar-refractivity contribution in [3.05, 3.63) is 34.3 Å². The lowest BCUT2D eigenvalue weighted by Crippen LogP contribution is -2.03. The molecule has 0 heterocycles. The van der Waals surface area contributed by atoms with E-state index >= 15 is 0 Å². The molecule has 3 heteroatoms. The Balaban J connectivity index is 2.33. The van der Waals surface area contributed by atoms with E-state index in [1.165, 1.54) is 5.56 Å². The number of aryl methyl sites for hydroxylation is 1. The minimum atomic E-state index is -0.747. The number of fused-ring (bicyclic) bond motifs is 1. The quantitative estimate of drug-likeness (QED) is 0.815.